The first kappa shape index (κ1) is 11.8. The molecule has 0 N–H and O–H groups in total. The molecule has 0 saturated carbocycles. The van der Waals surface area contributed by atoms with Crippen molar-refractivity contribution in [2.75, 3.05) is 0 Å². The van der Waals surface area contributed by atoms with Crippen molar-refractivity contribution in [3.05, 3.63) is 41.6 Å². The first-order chi connectivity index (χ1) is 8.08. The molecule has 2 rings (SSSR count). The van der Waals surface area contributed by atoms with Crippen molar-refractivity contribution in [3.63, 3.8) is 0 Å². The van der Waals surface area contributed by atoms with Gasteiger partial charge in [0.2, 0.25) is 0 Å². The van der Waals surface area contributed by atoms with E-state index in [1.54, 1.807) is 6.92 Å². The van der Waals surface area contributed by atoms with E-state index in [1.165, 1.54) is 5.56 Å². The molecule has 0 unspecified atom stereocenters. The van der Waals surface area contributed by atoms with Gasteiger partial charge < -0.3 is 0 Å². The number of pyridine rings is 1. The molecule has 0 fully saturated rings. The fourth-order valence-electron chi connectivity index (χ4n) is 2.04. The summed E-state index contributed by atoms with van der Waals surface area (Å²) >= 11 is 0. The van der Waals surface area contributed by atoms with Gasteiger partial charge in [-0.15, -0.1) is 0 Å². The summed E-state index contributed by atoms with van der Waals surface area (Å²) < 4.78 is 0. The predicted molar refractivity (Wildman–Crippen MR) is 70.3 cm³/mol. The Kier molecular flexibility index (Phi) is 3.23. The van der Waals surface area contributed by atoms with Crippen molar-refractivity contribution >= 4 is 16.7 Å². The van der Waals surface area contributed by atoms with Crippen LogP contribution in [-0.2, 0) is 6.42 Å². The minimum absolute atomic E-state index is 0.103. The molecule has 0 bridgehead atoms. The number of aromatic nitrogens is 1. The Bertz CT molecular complexity index is 558. The number of hydrogen-bond donors (Lipinski definition) is 0. The van der Waals surface area contributed by atoms with Gasteiger partial charge in [0.15, 0.2) is 5.78 Å². The van der Waals surface area contributed by atoms with Crippen LogP contribution in [-0.4, -0.2) is 10.8 Å². The highest BCUT2D eigenvalue weighted by atomic mass is 16.1. The highest BCUT2D eigenvalue weighted by Gasteiger charge is 2.07. The number of fused-ring (bicyclic) bond motifs is 1. The molecule has 0 atom stereocenters. The first-order valence-electron chi connectivity index (χ1n) is 5.96. The van der Waals surface area contributed by atoms with Gasteiger partial charge in [0.1, 0.15) is 0 Å². The molecule has 1 aromatic carbocycles. The number of Topliss-reactive ketones (excluding diaryl/α,β-unsaturated/α-hetero) is 1. The van der Waals surface area contributed by atoms with E-state index in [0.29, 0.717) is 5.92 Å². The SMILES string of the molecule is CC(=O)c1ccc2nccc(CC(C)C)c2c1. The predicted octanol–water partition coefficient (Wildman–Crippen LogP) is 3.64. The second kappa shape index (κ2) is 4.66. The van der Waals surface area contributed by atoms with E-state index in [9.17, 15) is 4.79 Å². The maximum absolute atomic E-state index is 11.4. The fraction of sp³-hybridized carbons (Fsp3) is 0.333. The number of hydrogen-bond acceptors (Lipinski definition) is 2. The van der Waals surface area contributed by atoms with Gasteiger partial charge in [-0.2, -0.15) is 0 Å². The lowest BCUT2D eigenvalue weighted by molar-refractivity contribution is 0.101. The van der Waals surface area contributed by atoms with Gasteiger partial charge in [-0.3, -0.25) is 9.78 Å². The largest absolute Gasteiger partial charge is 0.295 e. The van der Waals surface area contributed by atoms with E-state index >= 15 is 0 Å². The Morgan fingerprint density at radius 3 is 2.71 bits per heavy atom. The van der Waals surface area contributed by atoms with Gasteiger partial charge in [-0.25, -0.2) is 0 Å². The molecule has 0 aliphatic carbocycles. The molecule has 1 heterocycles. The van der Waals surface area contributed by atoms with Crippen LogP contribution >= 0.6 is 0 Å². The number of rotatable bonds is 3. The van der Waals surface area contributed by atoms with Crippen molar-refractivity contribution in [1.29, 1.82) is 0 Å². The van der Waals surface area contributed by atoms with Crippen LogP contribution < -0.4 is 0 Å². The molecule has 0 aliphatic heterocycles. The number of carbonyl (C=O) groups is 1. The summed E-state index contributed by atoms with van der Waals surface area (Å²) in [5.74, 6) is 0.702. The fourth-order valence-corrected chi connectivity index (χ4v) is 2.04. The molecule has 88 valence electrons. The Morgan fingerprint density at radius 2 is 2.06 bits per heavy atom. The minimum Gasteiger partial charge on any atom is -0.295 e. The van der Waals surface area contributed by atoms with Crippen molar-refractivity contribution in [2.24, 2.45) is 5.92 Å². The summed E-state index contributed by atoms with van der Waals surface area (Å²) in [4.78, 5) is 15.7. The molecular formula is C15H17NO. The van der Waals surface area contributed by atoms with Crippen LogP contribution in [0.1, 0.15) is 36.7 Å². The van der Waals surface area contributed by atoms with E-state index in [-0.39, 0.29) is 5.78 Å². The van der Waals surface area contributed by atoms with Gasteiger partial charge in [0, 0.05) is 17.1 Å². The van der Waals surface area contributed by atoms with Crippen LogP contribution in [0.3, 0.4) is 0 Å². The van der Waals surface area contributed by atoms with Crippen LogP contribution in [0, 0.1) is 5.92 Å². The molecule has 0 aliphatic rings. The topological polar surface area (TPSA) is 30.0 Å². The van der Waals surface area contributed by atoms with E-state index in [2.05, 4.69) is 18.8 Å². The molecule has 2 heteroatoms. The zero-order chi connectivity index (χ0) is 12.4. The quantitative estimate of drug-likeness (QED) is 0.749. The van der Waals surface area contributed by atoms with Crippen LogP contribution in [0.2, 0.25) is 0 Å². The molecular weight excluding hydrogens is 210 g/mol. The normalized spacial score (nSPS) is 11.1. The van der Waals surface area contributed by atoms with Crippen molar-refractivity contribution in [2.45, 2.75) is 27.2 Å². The van der Waals surface area contributed by atoms with E-state index in [1.807, 2.05) is 30.5 Å². The zero-order valence-corrected chi connectivity index (χ0v) is 10.5. The molecule has 2 aromatic rings. The molecule has 0 spiro atoms. The summed E-state index contributed by atoms with van der Waals surface area (Å²) in [6.07, 6.45) is 2.86. The zero-order valence-electron chi connectivity index (χ0n) is 10.5. The highest BCUT2D eigenvalue weighted by Crippen LogP contribution is 2.21. The van der Waals surface area contributed by atoms with Crippen LogP contribution in [0.4, 0.5) is 0 Å². The lowest BCUT2D eigenvalue weighted by Crippen LogP contribution is -1.98. The summed E-state index contributed by atoms with van der Waals surface area (Å²) in [6.45, 7) is 5.99. The van der Waals surface area contributed by atoms with Crippen LogP contribution in [0.25, 0.3) is 10.9 Å². The van der Waals surface area contributed by atoms with Gasteiger partial charge in [0.25, 0.3) is 0 Å². The Balaban J connectivity index is 2.59. The van der Waals surface area contributed by atoms with Crippen LogP contribution in [0.15, 0.2) is 30.5 Å². The number of ketones is 1. The van der Waals surface area contributed by atoms with Crippen molar-refractivity contribution in [1.82, 2.24) is 4.98 Å². The smallest absolute Gasteiger partial charge is 0.159 e. The van der Waals surface area contributed by atoms with Crippen molar-refractivity contribution in [3.8, 4) is 0 Å². The Morgan fingerprint density at radius 1 is 1.29 bits per heavy atom. The summed E-state index contributed by atoms with van der Waals surface area (Å²) in [7, 11) is 0. The lowest BCUT2D eigenvalue weighted by Gasteiger charge is -2.09. The molecule has 2 nitrogen and oxygen atoms in total. The molecule has 0 amide bonds. The average Bonchev–Trinajstić information content (AvgIpc) is 2.28. The molecule has 0 saturated heterocycles. The van der Waals surface area contributed by atoms with Crippen LogP contribution in [0.5, 0.6) is 0 Å². The number of carbonyl (C=O) groups excluding carboxylic acids is 1. The third kappa shape index (κ3) is 2.52. The Hall–Kier alpha value is -1.70. The lowest BCUT2D eigenvalue weighted by atomic mass is 9.98. The maximum atomic E-state index is 11.4. The van der Waals surface area contributed by atoms with Gasteiger partial charge in [0.05, 0.1) is 5.52 Å². The second-order valence-electron chi connectivity index (χ2n) is 4.86. The highest BCUT2D eigenvalue weighted by molar-refractivity contribution is 5.98. The standard InChI is InChI=1S/C15H17NO/c1-10(2)8-13-6-7-16-15-5-4-12(11(3)17)9-14(13)15/h4-7,9-10H,8H2,1-3H3. The van der Waals surface area contributed by atoms with E-state index in [4.69, 9.17) is 0 Å². The monoisotopic (exact) mass is 227 g/mol. The van der Waals surface area contributed by atoms with E-state index < -0.39 is 0 Å². The Labute approximate surface area is 102 Å². The molecule has 1 aromatic heterocycles. The molecule has 17 heavy (non-hydrogen) atoms. The third-order valence-electron chi connectivity index (χ3n) is 2.87. The number of nitrogens with zero attached hydrogens (tertiary/aromatic N) is 1. The average molecular weight is 227 g/mol. The molecule has 0 radical (unpaired) electrons. The summed E-state index contributed by atoms with van der Waals surface area (Å²) in [5, 5.41) is 1.11. The maximum Gasteiger partial charge on any atom is 0.159 e. The van der Waals surface area contributed by atoms with Crippen molar-refractivity contribution < 1.29 is 4.79 Å². The first-order valence-corrected chi connectivity index (χ1v) is 5.96. The summed E-state index contributed by atoms with van der Waals surface area (Å²) in [5.41, 5.74) is 3.00. The van der Waals surface area contributed by atoms with Gasteiger partial charge in [-0.05, 0) is 49.1 Å². The van der Waals surface area contributed by atoms with E-state index in [0.717, 1.165) is 22.9 Å². The van der Waals surface area contributed by atoms with Gasteiger partial charge >= 0.3 is 0 Å². The second-order valence-corrected chi connectivity index (χ2v) is 4.86. The number of benzene rings is 1. The third-order valence-corrected chi connectivity index (χ3v) is 2.87. The minimum atomic E-state index is 0.103. The van der Waals surface area contributed by atoms with Gasteiger partial charge in [-0.1, -0.05) is 13.8 Å². The summed E-state index contributed by atoms with van der Waals surface area (Å²) in [6, 6.07) is 7.78.